The Labute approximate surface area is 84.1 Å². The van der Waals surface area contributed by atoms with Gasteiger partial charge in [0.25, 0.3) is 0 Å². The predicted molar refractivity (Wildman–Crippen MR) is 51.5 cm³/mol. The van der Waals surface area contributed by atoms with Gasteiger partial charge in [0.05, 0.1) is 23.0 Å². The zero-order chi connectivity index (χ0) is 10.1. The molecule has 0 aliphatic rings. The number of carboxylic acids is 1. The van der Waals surface area contributed by atoms with Gasteiger partial charge in [0, 0.05) is 10.8 Å². The van der Waals surface area contributed by atoms with E-state index in [2.05, 4.69) is 10.2 Å². The third-order valence-electron chi connectivity index (χ3n) is 1.90. The largest absolute Gasteiger partial charge is 0.478 e. The molecule has 0 aliphatic carbocycles. The van der Waals surface area contributed by atoms with Gasteiger partial charge >= 0.3 is 5.97 Å². The smallest absolute Gasteiger partial charge is 0.336 e. The van der Waals surface area contributed by atoms with E-state index < -0.39 is 5.97 Å². The molecule has 0 unspecified atom stereocenters. The molecule has 14 heavy (non-hydrogen) atoms. The fraction of sp³-hybridized carbons (Fsp3) is 0. The lowest BCUT2D eigenvalue weighted by Crippen LogP contribution is -1.98. The molecule has 1 aromatic heterocycles. The van der Waals surface area contributed by atoms with Crippen molar-refractivity contribution in [2.75, 3.05) is 0 Å². The van der Waals surface area contributed by atoms with Crippen molar-refractivity contribution in [1.29, 1.82) is 0 Å². The van der Waals surface area contributed by atoms with Crippen LogP contribution in [0.2, 0.25) is 5.02 Å². The van der Waals surface area contributed by atoms with E-state index in [-0.39, 0.29) is 5.56 Å². The molecule has 1 heterocycles. The van der Waals surface area contributed by atoms with Crippen LogP contribution in [-0.2, 0) is 0 Å². The summed E-state index contributed by atoms with van der Waals surface area (Å²) in [6.07, 6.45) is 2.84. The van der Waals surface area contributed by atoms with Crippen LogP contribution in [0, 0.1) is 0 Å². The molecule has 0 fully saturated rings. The average Bonchev–Trinajstić information content (AvgIpc) is 2.18. The number of fused-ring (bicyclic) bond motifs is 1. The summed E-state index contributed by atoms with van der Waals surface area (Å²) < 4.78 is 0. The van der Waals surface area contributed by atoms with Gasteiger partial charge in [0.1, 0.15) is 0 Å². The van der Waals surface area contributed by atoms with Crippen molar-refractivity contribution in [1.82, 2.24) is 10.2 Å². The SMILES string of the molecule is O=C(O)c1ccc(Cl)c2cnncc12. The fourth-order valence-corrected chi connectivity index (χ4v) is 1.46. The van der Waals surface area contributed by atoms with Crippen LogP contribution in [0.4, 0.5) is 0 Å². The summed E-state index contributed by atoms with van der Waals surface area (Å²) in [5.41, 5.74) is 0.180. The molecule has 2 aromatic rings. The molecule has 0 saturated heterocycles. The third-order valence-corrected chi connectivity index (χ3v) is 2.23. The Kier molecular flexibility index (Phi) is 2.05. The lowest BCUT2D eigenvalue weighted by Gasteiger charge is -2.02. The summed E-state index contributed by atoms with van der Waals surface area (Å²) in [7, 11) is 0. The van der Waals surface area contributed by atoms with Gasteiger partial charge in [-0.2, -0.15) is 10.2 Å². The summed E-state index contributed by atoms with van der Waals surface area (Å²) in [6.45, 7) is 0. The highest BCUT2D eigenvalue weighted by Gasteiger charge is 2.10. The van der Waals surface area contributed by atoms with Crippen LogP contribution < -0.4 is 0 Å². The number of rotatable bonds is 1. The highest BCUT2D eigenvalue weighted by molar-refractivity contribution is 6.36. The van der Waals surface area contributed by atoms with Crippen LogP contribution >= 0.6 is 11.6 Å². The van der Waals surface area contributed by atoms with E-state index in [0.29, 0.717) is 15.8 Å². The van der Waals surface area contributed by atoms with E-state index in [1.54, 1.807) is 0 Å². The van der Waals surface area contributed by atoms with Gasteiger partial charge in [-0.25, -0.2) is 4.79 Å². The van der Waals surface area contributed by atoms with Gasteiger partial charge in [-0.15, -0.1) is 0 Å². The van der Waals surface area contributed by atoms with Crippen molar-refractivity contribution in [3.8, 4) is 0 Å². The molecule has 5 heteroatoms. The van der Waals surface area contributed by atoms with Crippen molar-refractivity contribution in [2.45, 2.75) is 0 Å². The van der Waals surface area contributed by atoms with Gasteiger partial charge in [-0.3, -0.25) is 0 Å². The van der Waals surface area contributed by atoms with Gasteiger partial charge in [-0.05, 0) is 12.1 Å². The molecule has 2 rings (SSSR count). The summed E-state index contributed by atoms with van der Waals surface area (Å²) in [5, 5.41) is 17.7. The zero-order valence-electron chi connectivity index (χ0n) is 6.94. The van der Waals surface area contributed by atoms with E-state index in [1.165, 1.54) is 24.5 Å². The Morgan fingerprint density at radius 3 is 2.50 bits per heavy atom. The average molecular weight is 209 g/mol. The normalized spacial score (nSPS) is 10.4. The van der Waals surface area contributed by atoms with Crippen molar-refractivity contribution >= 4 is 28.3 Å². The summed E-state index contributed by atoms with van der Waals surface area (Å²) in [5.74, 6) is -1.00. The molecule has 0 amide bonds. The van der Waals surface area contributed by atoms with Crippen molar-refractivity contribution in [3.05, 3.63) is 35.1 Å². The van der Waals surface area contributed by atoms with Gasteiger partial charge < -0.3 is 5.11 Å². The number of aromatic carboxylic acids is 1. The Hall–Kier alpha value is -1.68. The minimum atomic E-state index is -1.00. The number of carbonyl (C=O) groups is 1. The van der Waals surface area contributed by atoms with E-state index >= 15 is 0 Å². The maximum atomic E-state index is 10.8. The second kappa shape index (κ2) is 3.23. The maximum absolute atomic E-state index is 10.8. The maximum Gasteiger partial charge on any atom is 0.336 e. The van der Waals surface area contributed by atoms with Crippen LogP contribution in [0.15, 0.2) is 24.5 Å². The van der Waals surface area contributed by atoms with E-state index in [1.807, 2.05) is 0 Å². The third kappa shape index (κ3) is 1.29. The lowest BCUT2D eigenvalue weighted by atomic mass is 10.1. The van der Waals surface area contributed by atoms with Crippen LogP contribution in [0.25, 0.3) is 10.8 Å². The van der Waals surface area contributed by atoms with E-state index in [4.69, 9.17) is 16.7 Å². The minimum absolute atomic E-state index is 0.180. The number of benzene rings is 1. The van der Waals surface area contributed by atoms with Crippen molar-refractivity contribution < 1.29 is 9.90 Å². The van der Waals surface area contributed by atoms with Crippen LogP contribution in [0.1, 0.15) is 10.4 Å². The van der Waals surface area contributed by atoms with Crippen LogP contribution in [0.3, 0.4) is 0 Å². The Balaban J connectivity index is 2.88. The predicted octanol–water partition coefficient (Wildman–Crippen LogP) is 1.98. The van der Waals surface area contributed by atoms with E-state index in [9.17, 15) is 4.79 Å². The molecular weight excluding hydrogens is 204 g/mol. The Bertz CT molecular complexity index is 513. The molecule has 0 bridgehead atoms. The Morgan fingerprint density at radius 2 is 1.86 bits per heavy atom. The minimum Gasteiger partial charge on any atom is -0.478 e. The van der Waals surface area contributed by atoms with Crippen LogP contribution in [-0.4, -0.2) is 21.3 Å². The standard InChI is InChI=1S/C9H5ClN2O2/c10-8-2-1-5(9(13)14)6-3-11-12-4-7(6)8/h1-4H,(H,13,14). The molecule has 1 aromatic carbocycles. The number of halogens is 1. The topological polar surface area (TPSA) is 63.1 Å². The lowest BCUT2D eigenvalue weighted by molar-refractivity contribution is 0.0699. The zero-order valence-corrected chi connectivity index (χ0v) is 7.69. The van der Waals surface area contributed by atoms with Gasteiger partial charge in [0.2, 0.25) is 0 Å². The quantitative estimate of drug-likeness (QED) is 0.779. The second-order valence-corrected chi connectivity index (χ2v) is 3.12. The van der Waals surface area contributed by atoms with Gasteiger partial charge in [-0.1, -0.05) is 11.6 Å². The molecule has 1 N–H and O–H groups in total. The van der Waals surface area contributed by atoms with Gasteiger partial charge in [0.15, 0.2) is 0 Å². The fourth-order valence-electron chi connectivity index (χ4n) is 1.25. The number of aromatic nitrogens is 2. The van der Waals surface area contributed by atoms with Crippen molar-refractivity contribution in [3.63, 3.8) is 0 Å². The second-order valence-electron chi connectivity index (χ2n) is 2.72. The molecule has 0 spiro atoms. The monoisotopic (exact) mass is 208 g/mol. The highest BCUT2D eigenvalue weighted by Crippen LogP contribution is 2.24. The first-order valence-corrected chi connectivity index (χ1v) is 4.20. The molecule has 0 atom stereocenters. The first-order valence-electron chi connectivity index (χ1n) is 3.82. The molecular formula is C9H5ClN2O2. The van der Waals surface area contributed by atoms with Crippen LogP contribution in [0.5, 0.6) is 0 Å². The number of hydrogen-bond acceptors (Lipinski definition) is 3. The van der Waals surface area contributed by atoms with E-state index in [0.717, 1.165) is 0 Å². The summed E-state index contributed by atoms with van der Waals surface area (Å²) in [4.78, 5) is 10.8. The summed E-state index contributed by atoms with van der Waals surface area (Å²) in [6, 6.07) is 2.99. The summed E-state index contributed by atoms with van der Waals surface area (Å²) >= 11 is 5.87. The first-order chi connectivity index (χ1) is 6.70. The first kappa shape index (κ1) is 8.90. The number of carboxylic acid groups (broad SMARTS) is 1. The van der Waals surface area contributed by atoms with Crippen molar-refractivity contribution in [2.24, 2.45) is 0 Å². The molecule has 0 saturated carbocycles. The molecule has 0 radical (unpaired) electrons. The highest BCUT2D eigenvalue weighted by atomic mass is 35.5. The number of nitrogens with zero attached hydrogens (tertiary/aromatic N) is 2. The molecule has 4 nitrogen and oxygen atoms in total. The number of hydrogen-bond donors (Lipinski definition) is 1. The molecule has 0 aliphatic heterocycles. The molecule has 70 valence electrons. The Morgan fingerprint density at radius 1 is 1.21 bits per heavy atom.